The lowest BCUT2D eigenvalue weighted by Gasteiger charge is -2.29. The molecule has 1 fully saturated rings. The molecule has 0 amide bonds. The van der Waals surface area contributed by atoms with Crippen LogP contribution in [0.5, 0.6) is 0 Å². The molecule has 1 N–H and O–H groups in total. The van der Waals surface area contributed by atoms with Crippen molar-refractivity contribution >= 4 is 22.8 Å². The fourth-order valence-corrected chi connectivity index (χ4v) is 2.34. The maximum absolute atomic E-state index is 10.5. The molecule has 1 saturated heterocycles. The van der Waals surface area contributed by atoms with Gasteiger partial charge in [-0.25, -0.2) is 4.98 Å². The molecular formula is C9H14N3OS+. The standard InChI is InChI=1S/C9H13N3OS/c1-11-2-4-12(5-3-11)9-10-6-8(7-13)14-9/h6-7H,2-5H2,1H3/p+1. The Morgan fingerprint density at radius 2 is 2.29 bits per heavy atom. The lowest BCUT2D eigenvalue weighted by atomic mass is 10.3. The zero-order valence-corrected chi connectivity index (χ0v) is 9.01. The highest BCUT2D eigenvalue weighted by atomic mass is 32.1. The molecule has 0 unspecified atom stereocenters. The Morgan fingerprint density at radius 3 is 2.86 bits per heavy atom. The van der Waals surface area contributed by atoms with Crippen LogP contribution in [-0.4, -0.2) is 44.5 Å². The molecule has 0 saturated carbocycles. The van der Waals surface area contributed by atoms with E-state index >= 15 is 0 Å². The van der Waals surface area contributed by atoms with Crippen LogP contribution in [0.25, 0.3) is 0 Å². The van der Waals surface area contributed by atoms with E-state index in [4.69, 9.17) is 0 Å². The summed E-state index contributed by atoms with van der Waals surface area (Å²) in [6, 6.07) is 0. The Kier molecular flexibility index (Phi) is 2.79. The Balaban J connectivity index is 2.04. The molecule has 0 aliphatic carbocycles. The minimum absolute atomic E-state index is 0.714. The summed E-state index contributed by atoms with van der Waals surface area (Å²) in [5.74, 6) is 0. The number of rotatable bonds is 2. The predicted molar refractivity (Wildman–Crippen MR) is 56.3 cm³/mol. The molecule has 2 heterocycles. The van der Waals surface area contributed by atoms with Crippen molar-refractivity contribution in [3.63, 3.8) is 0 Å². The summed E-state index contributed by atoms with van der Waals surface area (Å²) in [4.78, 5) is 19.3. The molecular weight excluding hydrogens is 198 g/mol. The van der Waals surface area contributed by atoms with Crippen LogP contribution in [0, 0.1) is 0 Å². The second-order valence-electron chi connectivity index (χ2n) is 3.61. The van der Waals surface area contributed by atoms with Crippen LogP contribution in [0.1, 0.15) is 9.67 Å². The lowest BCUT2D eigenvalue weighted by Crippen LogP contribution is -3.12. The summed E-state index contributed by atoms with van der Waals surface area (Å²) in [6.45, 7) is 4.38. The van der Waals surface area contributed by atoms with E-state index in [1.807, 2.05) is 0 Å². The first kappa shape index (κ1) is 9.61. The number of thiazole rings is 1. The van der Waals surface area contributed by atoms with Crippen molar-refractivity contribution in [1.82, 2.24) is 4.98 Å². The number of hydrogen-bond acceptors (Lipinski definition) is 4. The van der Waals surface area contributed by atoms with E-state index in [2.05, 4.69) is 16.9 Å². The minimum atomic E-state index is 0.714. The van der Waals surface area contributed by atoms with E-state index in [9.17, 15) is 4.79 Å². The number of carbonyl (C=O) groups excluding carboxylic acids is 1. The maximum atomic E-state index is 10.5. The van der Waals surface area contributed by atoms with E-state index < -0.39 is 0 Å². The van der Waals surface area contributed by atoms with Gasteiger partial charge in [-0.05, 0) is 0 Å². The van der Waals surface area contributed by atoms with Crippen molar-refractivity contribution in [3.8, 4) is 0 Å². The number of likely N-dealkylation sites (N-methyl/N-ethyl adjacent to an activating group) is 1. The summed E-state index contributed by atoms with van der Waals surface area (Å²) in [5.41, 5.74) is 0. The van der Waals surface area contributed by atoms with Gasteiger partial charge in [0.05, 0.1) is 44.3 Å². The molecule has 1 aliphatic rings. The summed E-state index contributed by atoms with van der Waals surface area (Å²) >= 11 is 1.48. The van der Waals surface area contributed by atoms with Gasteiger partial charge >= 0.3 is 0 Å². The number of quaternary nitrogens is 1. The van der Waals surface area contributed by atoms with Gasteiger partial charge in [-0.2, -0.15) is 0 Å². The smallest absolute Gasteiger partial charge is 0.186 e. The van der Waals surface area contributed by atoms with E-state index in [0.29, 0.717) is 4.88 Å². The fourth-order valence-electron chi connectivity index (χ4n) is 1.56. The molecule has 0 bridgehead atoms. The van der Waals surface area contributed by atoms with Crippen LogP contribution in [-0.2, 0) is 0 Å². The van der Waals surface area contributed by atoms with Crippen molar-refractivity contribution in [2.75, 3.05) is 38.1 Å². The normalized spacial score (nSPS) is 18.5. The molecule has 0 atom stereocenters. The molecule has 1 aromatic heterocycles. The second kappa shape index (κ2) is 4.06. The molecule has 1 aliphatic heterocycles. The van der Waals surface area contributed by atoms with Crippen LogP contribution in [0.15, 0.2) is 6.20 Å². The summed E-state index contributed by atoms with van der Waals surface area (Å²) in [7, 11) is 2.20. The Bertz CT molecular complexity index is 318. The van der Waals surface area contributed by atoms with Crippen LogP contribution >= 0.6 is 11.3 Å². The van der Waals surface area contributed by atoms with Crippen molar-refractivity contribution in [1.29, 1.82) is 0 Å². The Labute approximate surface area is 87.2 Å². The number of hydrogen-bond donors (Lipinski definition) is 1. The van der Waals surface area contributed by atoms with Gasteiger partial charge in [0.2, 0.25) is 0 Å². The van der Waals surface area contributed by atoms with Gasteiger partial charge in [-0.15, -0.1) is 0 Å². The van der Waals surface area contributed by atoms with Gasteiger partial charge < -0.3 is 9.80 Å². The van der Waals surface area contributed by atoms with Crippen LogP contribution in [0.3, 0.4) is 0 Å². The predicted octanol–water partition coefficient (Wildman–Crippen LogP) is -0.710. The number of carbonyl (C=O) groups is 1. The van der Waals surface area contributed by atoms with Gasteiger partial charge in [0, 0.05) is 0 Å². The van der Waals surface area contributed by atoms with Crippen molar-refractivity contribution in [2.24, 2.45) is 0 Å². The molecule has 2 rings (SSSR count). The first-order valence-corrected chi connectivity index (χ1v) is 5.58. The number of nitrogens with one attached hydrogen (secondary N) is 1. The number of anilines is 1. The van der Waals surface area contributed by atoms with Gasteiger partial charge in [-0.1, -0.05) is 11.3 Å². The molecule has 14 heavy (non-hydrogen) atoms. The number of aldehydes is 1. The topological polar surface area (TPSA) is 37.6 Å². The highest BCUT2D eigenvalue weighted by molar-refractivity contribution is 7.17. The first-order valence-electron chi connectivity index (χ1n) is 4.77. The average Bonchev–Trinajstić information content (AvgIpc) is 2.67. The zero-order chi connectivity index (χ0) is 9.97. The van der Waals surface area contributed by atoms with Crippen molar-refractivity contribution in [3.05, 3.63) is 11.1 Å². The third-order valence-electron chi connectivity index (χ3n) is 2.52. The lowest BCUT2D eigenvalue weighted by molar-refractivity contribution is -0.880. The summed E-state index contributed by atoms with van der Waals surface area (Å²) in [6.07, 6.45) is 2.51. The largest absolute Gasteiger partial charge is 0.337 e. The van der Waals surface area contributed by atoms with Crippen LogP contribution in [0.4, 0.5) is 5.13 Å². The van der Waals surface area contributed by atoms with E-state index in [1.54, 1.807) is 11.1 Å². The third-order valence-corrected chi connectivity index (χ3v) is 3.50. The van der Waals surface area contributed by atoms with E-state index in [-0.39, 0.29) is 0 Å². The molecule has 1 aromatic rings. The second-order valence-corrected chi connectivity index (χ2v) is 4.65. The van der Waals surface area contributed by atoms with Gasteiger partial charge in [-0.3, -0.25) is 4.79 Å². The highest BCUT2D eigenvalue weighted by Crippen LogP contribution is 2.20. The number of nitrogens with zero attached hydrogens (tertiary/aromatic N) is 2. The molecule has 0 aromatic carbocycles. The SMILES string of the molecule is C[NH+]1CCN(c2ncc(C=O)s2)CC1. The van der Waals surface area contributed by atoms with Crippen LogP contribution < -0.4 is 9.80 Å². The van der Waals surface area contributed by atoms with E-state index in [1.165, 1.54) is 11.3 Å². The summed E-state index contributed by atoms with van der Waals surface area (Å²) < 4.78 is 0. The molecule has 76 valence electrons. The maximum Gasteiger partial charge on any atom is 0.186 e. The minimum Gasteiger partial charge on any atom is -0.337 e. The first-order chi connectivity index (χ1) is 6.79. The summed E-state index contributed by atoms with van der Waals surface area (Å²) in [5, 5.41) is 0.986. The Hall–Kier alpha value is -0.940. The van der Waals surface area contributed by atoms with Gasteiger partial charge in [0.25, 0.3) is 0 Å². The van der Waals surface area contributed by atoms with Crippen molar-refractivity contribution in [2.45, 2.75) is 0 Å². The quantitative estimate of drug-likeness (QED) is 0.658. The highest BCUT2D eigenvalue weighted by Gasteiger charge is 2.19. The monoisotopic (exact) mass is 212 g/mol. The average molecular weight is 212 g/mol. The number of piperazine rings is 1. The fraction of sp³-hybridized carbons (Fsp3) is 0.556. The zero-order valence-electron chi connectivity index (χ0n) is 8.19. The van der Waals surface area contributed by atoms with Gasteiger partial charge in [0.1, 0.15) is 0 Å². The number of aromatic nitrogens is 1. The third kappa shape index (κ3) is 1.93. The van der Waals surface area contributed by atoms with Crippen LogP contribution in [0.2, 0.25) is 0 Å². The van der Waals surface area contributed by atoms with Gasteiger partial charge in [0.15, 0.2) is 11.4 Å². The Morgan fingerprint density at radius 1 is 1.57 bits per heavy atom. The molecule has 5 heteroatoms. The van der Waals surface area contributed by atoms with E-state index in [0.717, 1.165) is 37.6 Å². The molecule has 0 spiro atoms. The molecule has 0 radical (unpaired) electrons. The molecule has 4 nitrogen and oxygen atoms in total. The van der Waals surface area contributed by atoms with Crippen molar-refractivity contribution < 1.29 is 9.69 Å².